The van der Waals surface area contributed by atoms with Gasteiger partial charge in [0.1, 0.15) is 11.9 Å². The molecular weight excluding hydrogens is 338 g/mol. The SMILES string of the molecule is O=C1[C@@H]2C[C@@H](CN2C2CCCC2)Oc2ccccc2N1Cc1cccnc1. The molecule has 2 aromatic rings. The van der Waals surface area contributed by atoms with Crippen molar-refractivity contribution in [2.24, 2.45) is 0 Å². The third-order valence-corrected chi connectivity index (χ3v) is 6.16. The van der Waals surface area contributed by atoms with Crippen LogP contribution in [0.15, 0.2) is 48.8 Å². The van der Waals surface area contributed by atoms with Crippen LogP contribution >= 0.6 is 0 Å². The first kappa shape index (κ1) is 16.8. The maximum Gasteiger partial charge on any atom is 0.244 e. The smallest absolute Gasteiger partial charge is 0.244 e. The molecule has 5 nitrogen and oxygen atoms in total. The summed E-state index contributed by atoms with van der Waals surface area (Å²) in [6.45, 7) is 1.38. The van der Waals surface area contributed by atoms with Crippen molar-refractivity contribution in [1.82, 2.24) is 9.88 Å². The van der Waals surface area contributed by atoms with E-state index in [2.05, 4.69) is 9.88 Å². The molecule has 1 aliphatic carbocycles. The first-order chi connectivity index (χ1) is 13.3. The van der Waals surface area contributed by atoms with Gasteiger partial charge in [-0.2, -0.15) is 0 Å². The number of nitrogens with zero attached hydrogens (tertiary/aromatic N) is 3. The van der Waals surface area contributed by atoms with Crippen molar-refractivity contribution in [3.8, 4) is 5.75 Å². The Kier molecular flexibility index (Phi) is 4.32. The summed E-state index contributed by atoms with van der Waals surface area (Å²) < 4.78 is 6.38. The Morgan fingerprint density at radius 1 is 1.11 bits per heavy atom. The minimum atomic E-state index is -0.0804. The number of rotatable bonds is 3. The number of pyridine rings is 1. The normalized spacial score (nSPS) is 25.8. The Morgan fingerprint density at radius 3 is 2.78 bits per heavy atom. The van der Waals surface area contributed by atoms with E-state index in [1.807, 2.05) is 47.5 Å². The summed E-state index contributed by atoms with van der Waals surface area (Å²) in [5.74, 6) is 1.01. The molecule has 140 valence electrons. The molecule has 5 rings (SSSR count). The number of amides is 1. The number of aromatic nitrogens is 1. The molecule has 2 aliphatic heterocycles. The highest BCUT2D eigenvalue weighted by atomic mass is 16.5. The lowest BCUT2D eigenvalue weighted by Gasteiger charge is -2.33. The van der Waals surface area contributed by atoms with Gasteiger partial charge in [0.2, 0.25) is 5.91 Å². The van der Waals surface area contributed by atoms with Crippen molar-refractivity contribution in [2.75, 3.05) is 11.4 Å². The van der Waals surface area contributed by atoms with E-state index >= 15 is 0 Å². The van der Waals surface area contributed by atoms with Gasteiger partial charge in [0.05, 0.1) is 18.3 Å². The molecule has 1 saturated carbocycles. The fourth-order valence-electron chi connectivity index (χ4n) is 4.88. The lowest BCUT2D eigenvalue weighted by atomic mass is 10.1. The molecule has 2 fully saturated rings. The van der Waals surface area contributed by atoms with Gasteiger partial charge >= 0.3 is 0 Å². The highest BCUT2D eigenvalue weighted by molar-refractivity contribution is 5.99. The monoisotopic (exact) mass is 363 g/mol. The van der Waals surface area contributed by atoms with E-state index in [0.29, 0.717) is 12.6 Å². The van der Waals surface area contributed by atoms with Crippen LogP contribution in [-0.4, -0.2) is 40.5 Å². The van der Waals surface area contributed by atoms with Gasteiger partial charge in [-0.05, 0) is 36.6 Å². The first-order valence-electron chi connectivity index (χ1n) is 10.0. The third-order valence-electron chi connectivity index (χ3n) is 6.16. The molecule has 5 heteroatoms. The van der Waals surface area contributed by atoms with Gasteiger partial charge in [-0.1, -0.05) is 31.0 Å². The molecule has 3 aliphatic rings. The van der Waals surface area contributed by atoms with Gasteiger partial charge in [-0.3, -0.25) is 14.7 Å². The molecule has 1 saturated heterocycles. The van der Waals surface area contributed by atoms with Crippen molar-refractivity contribution in [2.45, 2.75) is 56.8 Å². The van der Waals surface area contributed by atoms with E-state index in [1.165, 1.54) is 25.7 Å². The van der Waals surface area contributed by atoms with E-state index in [1.54, 1.807) is 6.20 Å². The Morgan fingerprint density at radius 2 is 1.96 bits per heavy atom. The zero-order valence-electron chi connectivity index (χ0n) is 15.5. The van der Waals surface area contributed by atoms with E-state index in [4.69, 9.17) is 4.74 Å². The molecule has 27 heavy (non-hydrogen) atoms. The molecule has 0 unspecified atom stereocenters. The van der Waals surface area contributed by atoms with Gasteiger partial charge < -0.3 is 9.64 Å². The average molecular weight is 363 g/mol. The number of benzene rings is 1. The van der Waals surface area contributed by atoms with Gasteiger partial charge in [-0.15, -0.1) is 0 Å². The van der Waals surface area contributed by atoms with Crippen LogP contribution in [0.4, 0.5) is 5.69 Å². The summed E-state index contributed by atoms with van der Waals surface area (Å²) in [6.07, 6.45) is 9.42. The number of hydrogen-bond donors (Lipinski definition) is 0. The van der Waals surface area contributed by atoms with Gasteiger partial charge in [-0.25, -0.2) is 0 Å². The molecule has 2 atom stereocenters. The van der Waals surface area contributed by atoms with Crippen LogP contribution in [-0.2, 0) is 11.3 Å². The average Bonchev–Trinajstić information content (AvgIpc) is 3.36. The molecule has 1 amide bonds. The standard InChI is InChI=1S/C22H25N3O2/c26-22-20-12-18(15-24(20)17-7-1-2-8-17)27-21-10-4-3-9-19(21)25(22)14-16-6-5-11-23-13-16/h3-6,9-11,13,17-18,20H,1-2,7-8,12,14-15H2/t18-,20-/m0/s1. The van der Waals surface area contributed by atoms with Crippen LogP contribution in [0, 0.1) is 0 Å². The van der Waals surface area contributed by atoms with Crippen molar-refractivity contribution < 1.29 is 9.53 Å². The van der Waals surface area contributed by atoms with E-state index in [0.717, 1.165) is 30.0 Å². The number of para-hydroxylation sites is 2. The minimum absolute atomic E-state index is 0.0804. The minimum Gasteiger partial charge on any atom is -0.487 e. The van der Waals surface area contributed by atoms with Crippen molar-refractivity contribution >= 4 is 11.6 Å². The Balaban J connectivity index is 1.52. The second-order valence-electron chi connectivity index (χ2n) is 7.88. The second kappa shape index (κ2) is 6.97. The van der Waals surface area contributed by atoms with Gasteiger partial charge in [0, 0.05) is 31.4 Å². The number of anilines is 1. The first-order valence-corrected chi connectivity index (χ1v) is 10.0. The molecule has 2 bridgehead atoms. The summed E-state index contributed by atoms with van der Waals surface area (Å²) in [5.41, 5.74) is 1.90. The Bertz CT molecular complexity index is 819. The van der Waals surface area contributed by atoms with Gasteiger partial charge in [0.25, 0.3) is 0 Å². The van der Waals surface area contributed by atoms with Crippen LogP contribution in [0.1, 0.15) is 37.7 Å². The maximum absolute atomic E-state index is 13.7. The van der Waals surface area contributed by atoms with Gasteiger partial charge in [0.15, 0.2) is 0 Å². The lowest BCUT2D eigenvalue weighted by molar-refractivity contribution is -0.123. The molecule has 1 aromatic heterocycles. The number of ether oxygens (including phenoxy) is 1. The summed E-state index contributed by atoms with van der Waals surface area (Å²) >= 11 is 0. The van der Waals surface area contributed by atoms with E-state index < -0.39 is 0 Å². The molecule has 0 spiro atoms. The topological polar surface area (TPSA) is 45.7 Å². The highest BCUT2D eigenvalue weighted by Crippen LogP contribution is 2.39. The van der Waals surface area contributed by atoms with Crippen molar-refractivity contribution in [3.05, 3.63) is 54.4 Å². The number of carbonyl (C=O) groups excluding carboxylic acids is 1. The van der Waals surface area contributed by atoms with Crippen LogP contribution < -0.4 is 9.64 Å². The maximum atomic E-state index is 13.7. The number of carbonyl (C=O) groups is 1. The zero-order valence-corrected chi connectivity index (χ0v) is 15.5. The second-order valence-corrected chi connectivity index (χ2v) is 7.88. The summed E-state index contributed by atoms with van der Waals surface area (Å²) in [4.78, 5) is 22.3. The van der Waals surface area contributed by atoms with Crippen LogP contribution in [0.3, 0.4) is 0 Å². The predicted molar refractivity (Wildman–Crippen MR) is 104 cm³/mol. The largest absolute Gasteiger partial charge is 0.487 e. The highest BCUT2D eigenvalue weighted by Gasteiger charge is 2.45. The molecule has 0 radical (unpaired) electrons. The van der Waals surface area contributed by atoms with Crippen molar-refractivity contribution in [3.63, 3.8) is 0 Å². The molecule has 3 heterocycles. The fraction of sp³-hybridized carbons (Fsp3) is 0.455. The van der Waals surface area contributed by atoms with E-state index in [9.17, 15) is 4.79 Å². The summed E-state index contributed by atoms with van der Waals surface area (Å²) in [5, 5.41) is 0. The van der Waals surface area contributed by atoms with Crippen LogP contribution in [0.5, 0.6) is 5.75 Å². The molecule has 0 N–H and O–H groups in total. The number of hydrogen-bond acceptors (Lipinski definition) is 4. The number of likely N-dealkylation sites (tertiary alicyclic amines) is 1. The van der Waals surface area contributed by atoms with Crippen LogP contribution in [0.2, 0.25) is 0 Å². The Hall–Kier alpha value is -2.40. The predicted octanol–water partition coefficient (Wildman–Crippen LogP) is 3.39. The lowest BCUT2D eigenvalue weighted by Crippen LogP contribution is -2.48. The third kappa shape index (κ3) is 3.10. The number of fused-ring (bicyclic) bond motifs is 3. The van der Waals surface area contributed by atoms with Crippen LogP contribution in [0.25, 0.3) is 0 Å². The molecule has 1 aromatic carbocycles. The zero-order chi connectivity index (χ0) is 18.2. The fourth-order valence-corrected chi connectivity index (χ4v) is 4.88. The quantitative estimate of drug-likeness (QED) is 0.839. The Labute approximate surface area is 159 Å². The van der Waals surface area contributed by atoms with Crippen molar-refractivity contribution in [1.29, 1.82) is 0 Å². The molecular formula is C22H25N3O2. The summed E-state index contributed by atoms with van der Waals surface area (Å²) in [6, 6.07) is 12.3. The summed E-state index contributed by atoms with van der Waals surface area (Å²) in [7, 11) is 0. The van der Waals surface area contributed by atoms with E-state index in [-0.39, 0.29) is 18.1 Å².